The van der Waals surface area contributed by atoms with E-state index in [1.165, 1.54) is 23.9 Å². The van der Waals surface area contributed by atoms with Crippen LogP contribution in [0, 0.1) is 5.82 Å². The Balaban J connectivity index is 1.87. The molecule has 3 aromatic rings. The third-order valence-electron chi connectivity index (χ3n) is 4.31. The Morgan fingerprint density at radius 3 is 2.08 bits per heavy atom. The lowest BCUT2D eigenvalue weighted by Crippen LogP contribution is -2.30. The SMILES string of the molecule is COc1c(N2C(=O)c3ccccc3C2=O)nn(C)c1-c1ccc(F)cc1. The molecule has 0 N–H and O–H groups in total. The Morgan fingerprint density at radius 1 is 0.962 bits per heavy atom. The number of anilines is 1. The van der Waals surface area contributed by atoms with Crippen molar-refractivity contribution in [2.75, 3.05) is 12.0 Å². The summed E-state index contributed by atoms with van der Waals surface area (Å²) in [6.07, 6.45) is 0. The average Bonchev–Trinajstić information content (AvgIpc) is 3.10. The quantitative estimate of drug-likeness (QED) is 0.681. The third-order valence-corrected chi connectivity index (χ3v) is 4.31. The van der Waals surface area contributed by atoms with E-state index in [1.807, 2.05) is 0 Å². The van der Waals surface area contributed by atoms with Crippen molar-refractivity contribution in [2.24, 2.45) is 7.05 Å². The van der Waals surface area contributed by atoms with Gasteiger partial charge in [-0.1, -0.05) is 12.1 Å². The minimum absolute atomic E-state index is 0.112. The second-order valence-electron chi connectivity index (χ2n) is 5.83. The van der Waals surface area contributed by atoms with Gasteiger partial charge in [-0.2, -0.15) is 0 Å². The van der Waals surface area contributed by atoms with E-state index in [0.29, 0.717) is 22.4 Å². The number of amides is 2. The van der Waals surface area contributed by atoms with Crippen LogP contribution < -0.4 is 9.64 Å². The van der Waals surface area contributed by atoms with Gasteiger partial charge in [-0.05, 0) is 36.4 Å². The van der Waals surface area contributed by atoms with E-state index in [0.717, 1.165) is 4.90 Å². The lowest BCUT2D eigenvalue weighted by Gasteiger charge is -2.12. The molecule has 0 saturated carbocycles. The number of halogens is 1. The molecule has 0 spiro atoms. The predicted molar refractivity (Wildman–Crippen MR) is 92.7 cm³/mol. The van der Waals surface area contributed by atoms with Gasteiger partial charge in [-0.15, -0.1) is 5.10 Å². The number of hydrogen-bond acceptors (Lipinski definition) is 4. The number of carbonyl (C=O) groups excluding carboxylic acids is 2. The molecule has 0 unspecified atom stereocenters. The molecule has 2 heterocycles. The lowest BCUT2D eigenvalue weighted by atomic mass is 10.1. The van der Waals surface area contributed by atoms with Crippen LogP contribution in [0.1, 0.15) is 20.7 Å². The predicted octanol–water partition coefficient (Wildman–Crippen LogP) is 3.04. The number of hydrogen-bond donors (Lipinski definition) is 0. The summed E-state index contributed by atoms with van der Waals surface area (Å²) in [6.45, 7) is 0. The van der Waals surface area contributed by atoms with Crippen molar-refractivity contribution >= 4 is 17.6 Å². The van der Waals surface area contributed by atoms with Gasteiger partial charge in [0.1, 0.15) is 11.5 Å². The number of methoxy groups -OCH3 is 1. The summed E-state index contributed by atoms with van der Waals surface area (Å²) < 4.78 is 20.2. The van der Waals surface area contributed by atoms with E-state index in [9.17, 15) is 14.0 Å². The summed E-state index contributed by atoms with van der Waals surface area (Å²) >= 11 is 0. The maximum absolute atomic E-state index is 13.2. The van der Waals surface area contributed by atoms with Crippen LogP contribution in [0.3, 0.4) is 0 Å². The Bertz CT molecular complexity index is 1010. The number of ether oxygens (including phenoxy) is 1. The highest BCUT2D eigenvalue weighted by atomic mass is 19.1. The summed E-state index contributed by atoms with van der Waals surface area (Å²) in [7, 11) is 3.11. The molecule has 26 heavy (non-hydrogen) atoms. The van der Waals surface area contributed by atoms with E-state index in [2.05, 4.69) is 5.10 Å². The molecule has 0 fully saturated rings. The second kappa shape index (κ2) is 5.80. The first kappa shape index (κ1) is 16.0. The van der Waals surface area contributed by atoms with E-state index in [-0.39, 0.29) is 17.4 Å². The molecule has 0 bridgehead atoms. The van der Waals surface area contributed by atoms with Crippen LogP contribution in [-0.2, 0) is 7.05 Å². The van der Waals surface area contributed by atoms with Gasteiger partial charge in [0.05, 0.1) is 18.2 Å². The van der Waals surface area contributed by atoms with Gasteiger partial charge in [0.15, 0.2) is 5.75 Å². The van der Waals surface area contributed by atoms with Gasteiger partial charge in [-0.3, -0.25) is 14.3 Å². The van der Waals surface area contributed by atoms with Crippen molar-refractivity contribution in [3.8, 4) is 17.0 Å². The number of fused-ring (bicyclic) bond motifs is 1. The van der Waals surface area contributed by atoms with Gasteiger partial charge < -0.3 is 4.74 Å². The highest BCUT2D eigenvalue weighted by Crippen LogP contribution is 2.40. The van der Waals surface area contributed by atoms with Crippen molar-refractivity contribution in [3.05, 3.63) is 65.5 Å². The summed E-state index contributed by atoms with van der Waals surface area (Å²) in [4.78, 5) is 26.5. The molecule has 0 atom stereocenters. The van der Waals surface area contributed by atoms with E-state index < -0.39 is 11.8 Å². The van der Waals surface area contributed by atoms with Crippen LogP contribution in [0.25, 0.3) is 11.3 Å². The maximum Gasteiger partial charge on any atom is 0.267 e. The topological polar surface area (TPSA) is 64.4 Å². The van der Waals surface area contributed by atoms with Crippen LogP contribution in [-0.4, -0.2) is 28.7 Å². The van der Waals surface area contributed by atoms with E-state index in [4.69, 9.17) is 4.74 Å². The summed E-state index contributed by atoms with van der Waals surface area (Å²) in [5.41, 5.74) is 1.85. The zero-order valence-corrected chi connectivity index (χ0v) is 14.1. The highest BCUT2D eigenvalue weighted by Gasteiger charge is 2.40. The number of rotatable bonds is 3. The molecule has 0 aliphatic carbocycles. The first-order valence-electron chi connectivity index (χ1n) is 7.87. The zero-order chi connectivity index (χ0) is 18.4. The number of aromatic nitrogens is 2. The summed E-state index contributed by atoms with van der Waals surface area (Å²) in [5.74, 6) is -0.884. The van der Waals surface area contributed by atoms with Crippen molar-refractivity contribution in [2.45, 2.75) is 0 Å². The van der Waals surface area contributed by atoms with E-state index >= 15 is 0 Å². The van der Waals surface area contributed by atoms with Crippen molar-refractivity contribution in [3.63, 3.8) is 0 Å². The molecule has 0 radical (unpaired) electrons. The monoisotopic (exact) mass is 351 g/mol. The Labute approximate surface area is 148 Å². The second-order valence-corrected chi connectivity index (χ2v) is 5.83. The third kappa shape index (κ3) is 2.21. The number of carbonyl (C=O) groups is 2. The molecule has 7 heteroatoms. The first-order valence-corrected chi connectivity index (χ1v) is 7.87. The maximum atomic E-state index is 13.2. The number of aryl methyl sites for hydroxylation is 1. The van der Waals surface area contributed by atoms with Crippen LogP contribution >= 0.6 is 0 Å². The van der Waals surface area contributed by atoms with Crippen molar-refractivity contribution in [1.29, 1.82) is 0 Å². The van der Waals surface area contributed by atoms with Gasteiger partial charge >= 0.3 is 0 Å². The molecule has 6 nitrogen and oxygen atoms in total. The minimum atomic E-state index is -0.451. The average molecular weight is 351 g/mol. The Morgan fingerprint density at radius 2 is 1.54 bits per heavy atom. The fraction of sp³-hybridized carbons (Fsp3) is 0.105. The molecule has 0 saturated heterocycles. The Kier molecular flexibility index (Phi) is 3.57. The minimum Gasteiger partial charge on any atom is -0.491 e. The normalized spacial score (nSPS) is 13.3. The largest absolute Gasteiger partial charge is 0.491 e. The fourth-order valence-electron chi connectivity index (χ4n) is 3.13. The number of imide groups is 1. The Hall–Kier alpha value is -3.48. The van der Waals surface area contributed by atoms with Crippen LogP contribution in [0.15, 0.2) is 48.5 Å². The van der Waals surface area contributed by atoms with Gasteiger partial charge in [-0.25, -0.2) is 9.29 Å². The molecular weight excluding hydrogens is 337 g/mol. The molecule has 4 rings (SSSR count). The standard InChI is InChI=1S/C19H14FN3O3/c1-22-15(11-7-9-12(20)10-8-11)16(26-2)17(21-22)23-18(24)13-5-3-4-6-14(13)19(23)25/h3-10H,1-2H3. The van der Waals surface area contributed by atoms with Gasteiger partial charge in [0, 0.05) is 12.6 Å². The fourth-order valence-corrected chi connectivity index (χ4v) is 3.13. The number of benzene rings is 2. The van der Waals surface area contributed by atoms with E-state index in [1.54, 1.807) is 43.4 Å². The molecule has 130 valence electrons. The molecule has 1 aliphatic rings. The molecule has 2 amide bonds. The van der Waals surface area contributed by atoms with Crippen LogP contribution in [0.2, 0.25) is 0 Å². The highest BCUT2D eigenvalue weighted by molar-refractivity contribution is 6.34. The van der Waals surface area contributed by atoms with Gasteiger partial charge in [0.25, 0.3) is 11.8 Å². The van der Waals surface area contributed by atoms with Gasteiger partial charge in [0.2, 0.25) is 5.82 Å². The first-order chi connectivity index (χ1) is 12.5. The van der Waals surface area contributed by atoms with Crippen LogP contribution in [0.4, 0.5) is 10.2 Å². The van der Waals surface area contributed by atoms with Crippen LogP contribution in [0.5, 0.6) is 5.75 Å². The smallest absolute Gasteiger partial charge is 0.267 e. The van der Waals surface area contributed by atoms with Crippen molar-refractivity contribution < 1.29 is 18.7 Å². The zero-order valence-electron chi connectivity index (χ0n) is 14.1. The summed E-state index contributed by atoms with van der Waals surface area (Å²) in [5, 5.41) is 4.33. The van der Waals surface area contributed by atoms with Crippen molar-refractivity contribution in [1.82, 2.24) is 9.78 Å². The molecule has 1 aromatic heterocycles. The lowest BCUT2D eigenvalue weighted by molar-refractivity contribution is 0.0924. The molecule has 2 aromatic carbocycles. The number of nitrogens with zero attached hydrogens (tertiary/aromatic N) is 3. The molecular formula is C19H14FN3O3. The molecule has 1 aliphatic heterocycles. The summed E-state index contributed by atoms with van der Waals surface area (Å²) in [6, 6.07) is 12.4.